The van der Waals surface area contributed by atoms with E-state index in [2.05, 4.69) is 30.9 Å². The van der Waals surface area contributed by atoms with Crippen LogP contribution in [0.25, 0.3) is 0 Å². The number of amides is 1. The zero-order chi connectivity index (χ0) is 19.1. The summed E-state index contributed by atoms with van der Waals surface area (Å²) in [6, 6.07) is 13.2. The number of nitrogens with two attached hydrogens (primary N) is 1. The summed E-state index contributed by atoms with van der Waals surface area (Å²) < 4.78 is 0. The van der Waals surface area contributed by atoms with Crippen molar-refractivity contribution < 1.29 is 4.79 Å². The van der Waals surface area contributed by atoms with Gasteiger partial charge in [0.25, 0.3) is 5.91 Å². The average Bonchev–Trinajstić information content (AvgIpc) is 3.22. The number of carbonyl (C=O) groups excluding carboxylic acids is 1. The Hall–Kier alpha value is -3.66. The molecule has 1 aromatic carbocycles. The predicted molar refractivity (Wildman–Crippen MR) is 104 cm³/mol. The Morgan fingerprint density at radius 3 is 2.74 bits per heavy atom. The summed E-state index contributed by atoms with van der Waals surface area (Å²) in [5.74, 6) is 4.88. The van der Waals surface area contributed by atoms with E-state index in [1.54, 1.807) is 17.5 Å². The first-order valence-corrected chi connectivity index (χ1v) is 8.75. The fraction of sp³-hybridized carbons (Fsp3) is 0.0588. The molecule has 0 radical (unpaired) electrons. The molecule has 0 fully saturated rings. The number of hydrogen-bond donors (Lipinski definition) is 4. The molecule has 0 spiro atoms. The maximum absolute atomic E-state index is 12.4. The van der Waals surface area contributed by atoms with Gasteiger partial charge in [0.15, 0.2) is 5.84 Å². The molecular weight excluding hydrogens is 364 g/mol. The summed E-state index contributed by atoms with van der Waals surface area (Å²) in [6.07, 6.45) is 1.39. The molecule has 0 atom stereocenters. The molecule has 3 aromatic rings. The van der Waals surface area contributed by atoms with Gasteiger partial charge in [-0.15, -0.1) is 16.5 Å². The van der Waals surface area contributed by atoms with Crippen molar-refractivity contribution in [3.8, 4) is 0 Å². The molecule has 0 aliphatic carbocycles. The molecule has 0 unspecified atom stereocenters. The van der Waals surface area contributed by atoms with Crippen molar-refractivity contribution >= 4 is 34.8 Å². The molecular formula is C17H16N8OS. The number of nitrogens with one attached hydrogen (secondary N) is 3. The highest BCUT2D eigenvalue weighted by molar-refractivity contribution is 7.12. The van der Waals surface area contributed by atoms with Crippen LogP contribution in [0.4, 0.5) is 11.8 Å². The summed E-state index contributed by atoms with van der Waals surface area (Å²) in [5.41, 5.74) is 1.26. The Bertz CT molecular complexity index is 956. The maximum atomic E-state index is 12.4. The van der Waals surface area contributed by atoms with E-state index >= 15 is 0 Å². The third-order valence-electron chi connectivity index (χ3n) is 3.47. The standard InChI is InChI=1S/C17H16N8OS/c18-14(24-25-19)12-10-21-17(20-9-11-5-2-1-3-6-11)23-15(12)22-16(26)13-7-4-8-27-13/h1-8,10H,9H2,(H3,18,19,24)(H2,20,21,22,23,26). The summed E-state index contributed by atoms with van der Waals surface area (Å²) in [4.78, 5) is 21.4. The van der Waals surface area contributed by atoms with Crippen molar-refractivity contribution in [1.29, 1.82) is 5.41 Å². The lowest BCUT2D eigenvalue weighted by Gasteiger charge is -2.11. The van der Waals surface area contributed by atoms with Crippen LogP contribution < -0.4 is 16.5 Å². The molecule has 2 aromatic heterocycles. The topological polar surface area (TPSA) is 142 Å². The number of amidine groups is 1. The van der Waals surface area contributed by atoms with Gasteiger partial charge in [-0.05, 0) is 17.0 Å². The third kappa shape index (κ3) is 4.70. The summed E-state index contributed by atoms with van der Waals surface area (Å²) in [7, 11) is 0. The van der Waals surface area contributed by atoms with Crippen LogP contribution in [-0.4, -0.2) is 21.7 Å². The quantitative estimate of drug-likeness (QED) is 0.171. The molecule has 0 saturated carbocycles. The fourth-order valence-corrected chi connectivity index (χ4v) is 2.82. The van der Waals surface area contributed by atoms with Gasteiger partial charge in [0, 0.05) is 12.7 Å². The Morgan fingerprint density at radius 1 is 1.22 bits per heavy atom. The summed E-state index contributed by atoms with van der Waals surface area (Å²) >= 11 is 1.30. The lowest BCUT2D eigenvalue weighted by Crippen LogP contribution is -2.16. The number of rotatable bonds is 6. The molecule has 2 heterocycles. The number of thiophene rings is 1. The first-order valence-electron chi connectivity index (χ1n) is 7.87. The van der Waals surface area contributed by atoms with Crippen molar-refractivity contribution in [2.75, 3.05) is 10.6 Å². The minimum atomic E-state index is -0.337. The second-order valence-corrected chi connectivity index (χ2v) is 6.24. The second kappa shape index (κ2) is 8.63. The average molecular weight is 380 g/mol. The largest absolute Gasteiger partial charge is 0.350 e. The van der Waals surface area contributed by atoms with Crippen molar-refractivity contribution in [2.24, 2.45) is 16.2 Å². The van der Waals surface area contributed by atoms with Crippen molar-refractivity contribution in [1.82, 2.24) is 9.97 Å². The monoisotopic (exact) mass is 380 g/mol. The van der Waals surface area contributed by atoms with Crippen LogP contribution in [0.1, 0.15) is 20.8 Å². The number of anilines is 2. The molecule has 27 heavy (non-hydrogen) atoms. The van der Waals surface area contributed by atoms with Crippen molar-refractivity contribution in [2.45, 2.75) is 6.54 Å². The molecule has 0 bridgehead atoms. The lowest BCUT2D eigenvalue weighted by molar-refractivity contribution is 0.103. The van der Waals surface area contributed by atoms with E-state index < -0.39 is 0 Å². The van der Waals surface area contributed by atoms with Crippen LogP contribution >= 0.6 is 11.3 Å². The van der Waals surface area contributed by atoms with Crippen LogP contribution in [0, 0.1) is 5.41 Å². The van der Waals surface area contributed by atoms with E-state index in [0.29, 0.717) is 17.4 Å². The van der Waals surface area contributed by atoms with Crippen LogP contribution in [0.3, 0.4) is 0 Å². The zero-order valence-electron chi connectivity index (χ0n) is 14.1. The van der Waals surface area contributed by atoms with Crippen molar-refractivity contribution in [3.63, 3.8) is 0 Å². The molecule has 1 amide bonds. The SMILES string of the molecule is N=C(N=NN)c1cnc(NCc2ccccc2)nc1NC(=O)c1cccs1. The van der Waals surface area contributed by atoms with Gasteiger partial charge >= 0.3 is 0 Å². The van der Waals surface area contributed by atoms with Crippen LogP contribution in [-0.2, 0) is 6.54 Å². The van der Waals surface area contributed by atoms with E-state index in [-0.39, 0.29) is 23.1 Å². The van der Waals surface area contributed by atoms with Gasteiger partial charge in [-0.25, -0.2) is 4.98 Å². The smallest absolute Gasteiger partial charge is 0.266 e. The van der Waals surface area contributed by atoms with Gasteiger partial charge in [0.2, 0.25) is 5.95 Å². The first-order chi connectivity index (χ1) is 13.2. The third-order valence-corrected chi connectivity index (χ3v) is 4.34. The van der Waals surface area contributed by atoms with Crippen molar-refractivity contribution in [3.05, 3.63) is 70.0 Å². The lowest BCUT2D eigenvalue weighted by atomic mass is 10.2. The number of hydrogen-bond acceptors (Lipinski definition) is 7. The highest BCUT2D eigenvalue weighted by Gasteiger charge is 2.16. The Kier molecular flexibility index (Phi) is 5.80. The second-order valence-electron chi connectivity index (χ2n) is 5.29. The Morgan fingerprint density at radius 2 is 2.04 bits per heavy atom. The summed E-state index contributed by atoms with van der Waals surface area (Å²) in [5, 5.41) is 22.1. The zero-order valence-corrected chi connectivity index (χ0v) is 14.9. The van der Waals surface area contributed by atoms with Gasteiger partial charge in [0.05, 0.1) is 10.4 Å². The fourth-order valence-electron chi connectivity index (χ4n) is 2.20. The number of nitrogens with zero attached hydrogens (tertiary/aromatic N) is 4. The van der Waals surface area contributed by atoms with Gasteiger partial charge in [0.1, 0.15) is 5.82 Å². The van der Waals surface area contributed by atoms with E-state index in [4.69, 9.17) is 11.3 Å². The molecule has 9 nitrogen and oxygen atoms in total. The minimum Gasteiger partial charge on any atom is -0.350 e. The van der Waals surface area contributed by atoms with E-state index in [9.17, 15) is 4.79 Å². The molecule has 0 saturated heterocycles. The molecule has 0 aliphatic rings. The number of benzene rings is 1. The molecule has 0 aliphatic heterocycles. The van der Waals surface area contributed by atoms with Gasteiger partial charge in [-0.3, -0.25) is 10.2 Å². The number of aromatic nitrogens is 2. The summed E-state index contributed by atoms with van der Waals surface area (Å²) in [6.45, 7) is 0.512. The minimum absolute atomic E-state index is 0.149. The van der Waals surface area contributed by atoms with E-state index in [1.807, 2.05) is 30.3 Å². The van der Waals surface area contributed by atoms with Gasteiger partial charge in [-0.2, -0.15) is 4.98 Å². The van der Waals surface area contributed by atoms with Crippen LogP contribution in [0.5, 0.6) is 0 Å². The first kappa shape index (κ1) is 18.1. The molecule has 5 N–H and O–H groups in total. The van der Waals surface area contributed by atoms with E-state index in [0.717, 1.165) is 5.56 Å². The van der Waals surface area contributed by atoms with E-state index in [1.165, 1.54) is 17.5 Å². The number of carbonyl (C=O) groups is 1. The Balaban J connectivity index is 1.84. The predicted octanol–water partition coefficient (Wildman–Crippen LogP) is 3.05. The highest BCUT2D eigenvalue weighted by Crippen LogP contribution is 2.18. The molecule has 3 rings (SSSR count). The molecule has 136 valence electrons. The normalized spacial score (nSPS) is 10.7. The Labute approximate surface area is 158 Å². The van der Waals surface area contributed by atoms with Crippen LogP contribution in [0.15, 0.2) is 64.4 Å². The maximum Gasteiger partial charge on any atom is 0.266 e. The highest BCUT2D eigenvalue weighted by atomic mass is 32.1. The van der Waals surface area contributed by atoms with Gasteiger partial charge < -0.3 is 16.5 Å². The van der Waals surface area contributed by atoms with Gasteiger partial charge in [-0.1, -0.05) is 41.6 Å². The van der Waals surface area contributed by atoms with Crippen LogP contribution in [0.2, 0.25) is 0 Å². The molecule has 10 heteroatoms.